The van der Waals surface area contributed by atoms with Crippen molar-refractivity contribution in [1.82, 2.24) is 20.9 Å². The molecule has 1 heterocycles. The van der Waals surface area contributed by atoms with Gasteiger partial charge in [-0.15, -0.1) is 0 Å². The van der Waals surface area contributed by atoms with Crippen LogP contribution in [0.15, 0.2) is 60.8 Å². The summed E-state index contributed by atoms with van der Waals surface area (Å²) in [7, 11) is 0. The van der Waals surface area contributed by atoms with E-state index in [-0.39, 0.29) is 18.8 Å². The van der Waals surface area contributed by atoms with Crippen LogP contribution in [0.2, 0.25) is 0 Å². The second kappa shape index (κ2) is 14.4. The van der Waals surface area contributed by atoms with Crippen LogP contribution in [0.4, 0.5) is 0 Å². The van der Waals surface area contributed by atoms with E-state index in [0.717, 1.165) is 16.5 Å². The van der Waals surface area contributed by atoms with Crippen LogP contribution in [0.25, 0.3) is 10.9 Å². The average molecular weight is 566 g/mol. The third-order valence-corrected chi connectivity index (χ3v) is 6.76. The number of fused-ring (bicyclic) bond motifs is 1. The minimum Gasteiger partial charge on any atom is -0.480 e. The molecule has 11 nitrogen and oxygen atoms in total. The van der Waals surface area contributed by atoms with Gasteiger partial charge >= 0.3 is 5.97 Å². The van der Waals surface area contributed by atoms with Crippen LogP contribution in [-0.2, 0) is 32.0 Å². The highest BCUT2D eigenvalue weighted by Crippen LogP contribution is 2.19. The number of carboxylic acids is 1. The fraction of sp³-hybridized carbons (Fsp3) is 0.400. The first-order valence-electron chi connectivity index (χ1n) is 13.6. The number of carbonyl (C=O) groups is 4. The standard InChI is InChI=1S/C30H39N5O6/c1-17(2)13-22(31)27(37)33-24(14-19-9-5-4-6-10-19)28(38)34-25(29(39)35-26(18(3)36)30(40)41)15-20-16-32-23-12-8-7-11-21(20)23/h4-12,16-18,22,24-26,32,36H,13-15,31H2,1-3H3,(H,33,37)(H,34,38)(H,35,39)(H,40,41). The average Bonchev–Trinajstić information content (AvgIpc) is 3.33. The number of nitrogens with two attached hydrogens (primary N) is 1. The molecule has 3 amide bonds. The Bertz CT molecular complexity index is 1340. The number of aromatic nitrogens is 1. The lowest BCUT2D eigenvalue weighted by Gasteiger charge is -2.26. The molecular formula is C30H39N5O6. The van der Waals surface area contributed by atoms with Gasteiger partial charge in [0, 0.05) is 29.9 Å². The smallest absolute Gasteiger partial charge is 0.328 e. The predicted octanol–water partition coefficient (Wildman–Crippen LogP) is 1.25. The molecule has 0 saturated heterocycles. The number of aromatic amines is 1. The Hall–Kier alpha value is -4.22. The van der Waals surface area contributed by atoms with E-state index in [1.54, 1.807) is 6.20 Å². The second-order valence-electron chi connectivity index (χ2n) is 10.7. The summed E-state index contributed by atoms with van der Waals surface area (Å²) in [6.45, 7) is 5.12. The zero-order chi connectivity index (χ0) is 30.1. The number of hydrogen-bond acceptors (Lipinski definition) is 6. The molecule has 11 heteroatoms. The van der Waals surface area contributed by atoms with E-state index in [9.17, 15) is 29.4 Å². The van der Waals surface area contributed by atoms with Crippen LogP contribution >= 0.6 is 0 Å². The summed E-state index contributed by atoms with van der Waals surface area (Å²) < 4.78 is 0. The molecule has 2 aromatic carbocycles. The maximum Gasteiger partial charge on any atom is 0.328 e. The lowest BCUT2D eigenvalue weighted by molar-refractivity contribution is -0.145. The van der Waals surface area contributed by atoms with E-state index in [1.165, 1.54) is 6.92 Å². The van der Waals surface area contributed by atoms with Gasteiger partial charge in [0.05, 0.1) is 12.1 Å². The number of hydrogen-bond donors (Lipinski definition) is 7. The van der Waals surface area contributed by atoms with Crippen molar-refractivity contribution in [2.45, 2.75) is 70.3 Å². The minimum absolute atomic E-state index is 0.0204. The van der Waals surface area contributed by atoms with Crippen LogP contribution in [0.3, 0.4) is 0 Å². The Morgan fingerprint density at radius 3 is 2.05 bits per heavy atom. The van der Waals surface area contributed by atoms with Gasteiger partial charge in [-0.3, -0.25) is 14.4 Å². The molecule has 0 aliphatic heterocycles. The summed E-state index contributed by atoms with van der Waals surface area (Å²) in [6, 6.07) is 11.8. The van der Waals surface area contributed by atoms with Gasteiger partial charge in [-0.2, -0.15) is 0 Å². The number of H-pyrrole nitrogens is 1. The Labute approximate surface area is 238 Å². The first-order chi connectivity index (χ1) is 19.5. The van der Waals surface area contributed by atoms with Crippen molar-refractivity contribution < 1.29 is 29.4 Å². The monoisotopic (exact) mass is 565 g/mol. The molecule has 220 valence electrons. The predicted molar refractivity (Wildman–Crippen MR) is 155 cm³/mol. The first-order valence-corrected chi connectivity index (χ1v) is 13.6. The van der Waals surface area contributed by atoms with Gasteiger partial charge < -0.3 is 36.9 Å². The summed E-state index contributed by atoms with van der Waals surface area (Å²) in [5.74, 6) is -3.18. The number of aliphatic carboxylic acids is 1. The van der Waals surface area contributed by atoms with Crippen LogP contribution < -0.4 is 21.7 Å². The van der Waals surface area contributed by atoms with Gasteiger partial charge in [0.15, 0.2) is 6.04 Å². The number of nitrogens with one attached hydrogen (secondary N) is 4. The molecule has 0 spiro atoms. The Morgan fingerprint density at radius 1 is 0.829 bits per heavy atom. The summed E-state index contributed by atoms with van der Waals surface area (Å²) in [5.41, 5.74) is 8.40. The van der Waals surface area contributed by atoms with Gasteiger partial charge in [-0.05, 0) is 36.5 Å². The van der Waals surface area contributed by atoms with Gasteiger partial charge in [-0.1, -0.05) is 62.4 Å². The number of amides is 3. The molecule has 0 aliphatic carbocycles. The number of carbonyl (C=O) groups excluding carboxylic acids is 3. The highest BCUT2D eigenvalue weighted by atomic mass is 16.4. The van der Waals surface area contributed by atoms with Crippen LogP contribution in [-0.4, -0.2) is 69.2 Å². The topological polar surface area (TPSA) is 187 Å². The van der Waals surface area contributed by atoms with Crippen molar-refractivity contribution >= 4 is 34.6 Å². The number of aliphatic hydroxyl groups excluding tert-OH is 1. The third kappa shape index (κ3) is 8.89. The molecular weight excluding hydrogens is 526 g/mol. The summed E-state index contributed by atoms with van der Waals surface area (Å²) in [4.78, 5) is 54.7. The Balaban J connectivity index is 1.90. The maximum atomic E-state index is 13.7. The quantitative estimate of drug-likeness (QED) is 0.153. The highest BCUT2D eigenvalue weighted by Gasteiger charge is 2.32. The van der Waals surface area contributed by atoms with Crippen molar-refractivity contribution in [2.24, 2.45) is 11.7 Å². The number of rotatable bonds is 14. The fourth-order valence-corrected chi connectivity index (χ4v) is 4.60. The van der Waals surface area contributed by atoms with E-state index >= 15 is 0 Å². The first kappa shape index (κ1) is 31.3. The zero-order valence-electron chi connectivity index (χ0n) is 23.5. The van der Waals surface area contributed by atoms with Crippen LogP contribution in [0, 0.1) is 5.92 Å². The lowest BCUT2D eigenvalue weighted by atomic mass is 10.0. The summed E-state index contributed by atoms with van der Waals surface area (Å²) in [5, 5.41) is 28.0. The zero-order valence-corrected chi connectivity index (χ0v) is 23.5. The SMILES string of the molecule is CC(C)CC(N)C(=O)NC(Cc1ccccc1)C(=O)NC(Cc1c[nH]c2ccccc12)C(=O)NC(C(=O)O)C(C)O. The second-order valence-corrected chi connectivity index (χ2v) is 10.7. The largest absolute Gasteiger partial charge is 0.480 e. The Kier molecular flexibility index (Phi) is 11.0. The van der Waals surface area contributed by atoms with Crippen molar-refractivity contribution in [3.63, 3.8) is 0 Å². The number of benzene rings is 2. The van der Waals surface area contributed by atoms with Crippen molar-refractivity contribution in [3.8, 4) is 0 Å². The number of para-hydroxylation sites is 1. The van der Waals surface area contributed by atoms with Gasteiger partial charge in [0.1, 0.15) is 12.1 Å². The minimum atomic E-state index is -1.58. The number of carboxylic acid groups (broad SMARTS) is 1. The van der Waals surface area contributed by atoms with Crippen molar-refractivity contribution in [3.05, 3.63) is 71.9 Å². The van der Waals surface area contributed by atoms with E-state index in [4.69, 9.17) is 5.73 Å². The molecule has 0 bridgehead atoms. The number of aliphatic hydroxyl groups is 1. The van der Waals surface area contributed by atoms with E-state index < -0.39 is 54.0 Å². The molecule has 3 rings (SSSR count). The molecule has 41 heavy (non-hydrogen) atoms. The third-order valence-electron chi connectivity index (χ3n) is 6.76. The molecule has 0 fully saturated rings. The molecule has 1 aromatic heterocycles. The summed E-state index contributed by atoms with van der Waals surface area (Å²) in [6.07, 6.45) is 0.918. The molecule has 0 aliphatic rings. The van der Waals surface area contributed by atoms with Crippen LogP contribution in [0.1, 0.15) is 38.3 Å². The molecule has 5 unspecified atom stereocenters. The van der Waals surface area contributed by atoms with Gasteiger partial charge in [0.25, 0.3) is 0 Å². The van der Waals surface area contributed by atoms with E-state index in [1.807, 2.05) is 68.4 Å². The highest BCUT2D eigenvalue weighted by molar-refractivity contribution is 5.95. The maximum absolute atomic E-state index is 13.7. The molecule has 8 N–H and O–H groups in total. The molecule has 0 saturated carbocycles. The summed E-state index contributed by atoms with van der Waals surface area (Å²) >= 11 is 0. The normalized spacial score (nSPS) is 15.0. The van der Waals surface area contributed by atoms with Crippen LogP contribution in [0.5, 0.6) is 0 Å². The van der Waals surface area contributed by atoms with E-state index in [0.29, 0.717) is 12.0 Å². The van der Waals surface area contributed by atoms with Crippen molar-refractivity contribution in [2.75, 3.05) is 0 Å². The van der Waals surface area contributed by atoms with Gasteiger partial charge in [-0.25, -0.2) is 4.79 Å². The van der Waals surface area contributed by atoms with Gasteiger partial charge in [0.2, 0.25) is 17.7 Å². The Morgan fingerprint density at radius 2 is 1.41 bits per heavy atom. The van der Waals surface area contributed by atoms with E-state index in [2.05, 4.69) is 20.9 Å². The molecule has 3 aromatic rings. The molecule has 5 atom stereocenters. The lowest BCUT2D eigenvalue weighted by Crippen LogP contribution is -2.59. The fourth-order valence-electron chi connectivity index (χ4n) is 4.60. The van der Waals surface area contributed by atoms with Crippen molar-refractivity contribution in [1.29, 1.82) is 0 Å². The molecule has 0 radical (unpaired) electrons.